The monoisotopic (exact) mass is 268 g/mol. The van der Waals surface area contributed by atoms with Crippen molar-refractivity contribution in [3.05, 3.63) is 0 Å². The van der Waals surface area contributed by atoms with Gasteiger partial charge < -0.3 is 5.32 Å². The number of piperidine rings is 1. The molecule has 16 heavy (non-hydrogen) atoms. The Morgan fingerprint density at radius 2 is 1.88 bits per heavy atom. The first-order chi connectivity index (χ1) is 7.06. The molecular formula is C11H22Cl2N2O. The molecule has 0 radical (unpaired) electrons. The molecular weight excluding hydrogens is 247 g/mol. The number of amides is 1. The number of hydrogen-bond acceptors (Lipinski definition) is 2. The predicted molar refractivity (Wildman–Crippen MR) is 70.5 cm³/mol. The molecule has 1 fully saturated rings. The van der Waals surface area contributed by atoms with Gasteiger partial charge >= 0.3 is 0 Å². The number of hydrogen-bond donors (Lipinski definition) is 1. The molecule has 5 heteroatoms. The number of halogens is 2. The van der Waals surface area contributed by atoms with E-state index in [1.54, 1.807) is 0 Å². The molecule has 0 aliphatic carbocycles. The predicted octanol–water partition coefficient (Wildman–Crippen LogP) is 2.03. The van der Waals surface area contributed by atoms with E-state index in [1.165, 1.54) is 19.3 Å². The standard InChI is InChI=1S/C11H21ClN2O.ClH/c1-11(2,9-13-10(15)8-12)14-6-4-3-5-7-14;/h3-9H2,1-2H3,(H,13,15);1H. The van der Waals surface area contributed by atoms with Gasteiger partial charge in [-0.05, 0) is 39.8 Å². The van der Waals surface area contributed by atoms with Crippen LogP contribution in [0.4, 0.5) is 0 Å². The van der Waals surface area contributed by atoms with Crippen LogP contribution >= 0.6 is 24.0 Å². The summed E-state index contributed by atoms with van der Waals surface area (Å²) in [6.07, 6.45) is 3.88. The molecule has 1 N–H and O–H groups in total. The first-order valence-electron chi connectivity index (χ1n) is 5.64. The lowest BCUT2D eigenvalue weighted by atomic mass is 9.98. The molecule has 0 bridgehead atoms. The number of carbonyl (C=O) groups is 1. The fraction of sp³-hybridized carbons (Fsp3) is 0.909. The van der Waals surface area contributed by atoms with Gasteiger partial charge in [-0.3, -0.25) is 9.69 Å². The number of rotatable bonds is 4. The van der Waals surface area contributed by atoms with E-state index in [-0.39, 0.29) is 29.7 Å². The Morgan fingerprint density at radius 1 is 1.31 bits per heavy atom. The van der Waals surface area contributed by atoms with E-state index >= 15 is 0 Å². The SMILES string of the molecule is CC(C)(CNC(=O)CCl)N1CCCCC1.Cl. The van der Waals surface area contributed by atoms with Gasteiger partial charge in [0.05, 0.1) is 0 Å². The van der Waals surface area contributed by atoms with Crippen molar-refractivity contribution in [1.82, 2.24) is 10.2 Å². The number of alkyl halides is 1. The molecule has 1 rings (SSSR count). The molecule has 0 atom stereocenters. The van der Waals surface area contributed by atoms with E-state index in [9.17, 15) is 4.79 Å². The molecule has 1 saturated heterocycles. The van der Waals surface area contributed by atoms with Gasteiger partial charge in [-0.15, -0.1) is 24.0 Å². The fourth-order valence-electron chi connectivity index (χ4n) is 1.97. The summed E-state index contributed by atoms with van der Waals surface area (Å²) >= 11 is 5.44. The van der Waals surface area contributed by atoms with Crippen molar-refractivity contribution in [2.24, 2.45) is 0 Å². The van der Waals surface area contributed by atoms with Gasteiger partial charge in [-0.1, -0.05) is 6.42 Å². The van der Waals surface area contributed by atoms with Crippen molar-refractivity contribution < 1.29 is 4.79 Å². The van der Waals surface area contributed by atoms with Gasteiger partial charge in [0.2, 0.25) is 5.91 Å². The minimum absolute atomic E-state index is 0. The number of nitrogens with one attached hydrogen (secondary N) is 1. The second-order valence-electron chi connectivity index (χ2n) is 4.77. The highest BCUT2D eigenvalue weighted by Gasteiger charge is 2.27. The Hall–Kier alpha value is 0.01000. The molecule has 0 aromatic rings. The molecule has 1 aliphatic rings. The van der Waals surface area contributed by atoms with Crippen molar-refractivity contribution >= 4 is 29.9 Å². The zero-order valence-corrected chi connectivity index (χ0v) is 11.7. The zero-order valence-electron chi connectivity index (χ0n) is 10.1. The Kier molecular flexibility index (Phi) is 7.36. The third-order valence-electron chi connectivity index (χ3n) is 3.05. The first-order valence-corrected chi connectivity index (χ1v) is 6.17. The maximum atomic E-state index is 11.1. The number of carbonyl (C=O) groups excluding carboxylic acids is 1. The van der Waals surface area contributed by atoms with Crippen LogP contribution in [0.25, 0.3) is 0 Å². The minimum atomic E-state index is -0.0817. The molecule has 0 aromatic carbocycles. The van der Waals surface area contributed by atoms with E-state index in [4.69, 9.17) is 11.6 Å². The topological polar surface area (TPSA) is 32.3 Å². The van der Waals surface area contributed by atoms with Crippen LogP contribution in [0.1, 0.15) is 33.1 Å². The second-order valence-corrected chi connectivity index (χ2v) is 5.04. The van der Waals surface area contributed by atoms with Crippen molar-refractivity contribution in [3.8, 4) is 0 Å². The minimum Gasteiger partial charge on any atom is -0.353 e. The summed E-state index contributed by atoms with van der Waals surface area (Å²) in [6, 6.07) is 0. The average Bonchev–Trinajstić information content (AvgIpc) is 2.27. The number of nitrogens with zero attached hydrogens (tertiary/aromatic N) is 1. The molecule has 3 nitrogen and oxygen atoms in total. The molecule has 1 amide bonds. The third-order valence-corrected chi connectivity index (χ3v) is 3.29. The Labute approximate surface area is 109 Å². The molecule has 0 unspecified atom stereocenters. The highest BCUT2D eigenvalue weighted by molar-refractivity contribution is 6.27. The molecule has 96 valence electrons. The van der Waals surface area contributed by atoms with E-state index in [0.29, 0.717) is 6.54 Å². The zero-order chi connectivity index (χ0) is 11.3. The van der Waals surface area contributed by atoms with Gasteiger partial charge in [0.1, 0.15) is 5.88 Å². The van der Waals surface area contributed by atoms with E-state index in [0.717, 1.165) is 13.1 Å². The van der Waals surface area contributed by atoms with Gasteiger partial charge in [0, 0.05) is 12.1 Å². The normalized spacial score (nSPS) is 17.7. The summed E-state index contributed by atoms with van der Waals surface area (Å²) in [7, 11) is 0. The van der Waals surface area contributed by atoms with Crippen molar-refractivity contribution in [2.45, 2.75) is 38.6 Å². The van der Waals surface area contributed by atoms with Crippen LogP contribution in [0.15, 0.2) is 0 Å². The highest BCUT2D eigenvalue weighted by atomic mass is 35.5. The molecule has 0 aromatic heterocycles. The maximum Gasteiger partial charge on any atom is 0.234 e. The lowest BCUT2D eigenvalue weighted by Crippen LogP contribution is -2.53. The summed E-state index contributed by atoms with van der Waals surface area (Å²) in [5.74, 6) is -0.0300. The Morgan fingerprint density at radius 3 is 2.38 bits per heavy atom. The first kappa shape index (κ1) is 16.0. The lowest BCUT2D eigenvalue weighted by Gasteiger charge is -2.41. The molecule has 0 spiro atoms. The second kappa shape index (κ2) is 7.36. The quantitative estimate of drug-likeness (QED) is 0.792. The van der Waals surface area contributed by atoms with Gasteiger partial charge in [0.25, 0.3) is 0 Å². The Balaban J connectivity index is 0.00000225. The molecule has 0 saturated carbocycles. The lowest BCUT2D eigenvalue weighted by molar-refractivity contribution is -0.119. The summed E-state index contributed by atoms with van der Waals surface area (Å²) in [6.45, 7) is 7.31. The van der Waals surface area contributed by atoms with Gasteiger partial charge in [-0.25, -0.2) is 0 Å². The van der Waals surface area contributed by atoms with Gasteiger partial charge in [-0.2, -0.15) is 0 Å². The van der Waals surface area contributed by atoms with E-state index < -0.39 is 0 Å². The van der Waals surface area contributed by atoms with E-state index in [1.807, 2.05) is 0 Å². The van der Waals surface area contributed by atoms with Crippen LogP contribution in [-0.4, -0.2) is 41.9 Å². The summed E-state index contributed by atoms with van der Waals surface area (Å²) in [5.41, 5.74) is 0.0438. The van der Waals surface area contributed by atoms with Crippen LogP contribution in [0.2, 0.25) is 0 Å². The van der Waals surface area contributed by atoms with Crippen molar-refractivity contribution in [3.63, 3.8) is 0 Å². The largest absolute Gasteiger partial charge is 0.353 e. The smallest absolute Gasteiger partial charge is 0.234 e. The maximum absolute atomic E-state index is 11.1. The van der Waals surface area contributed by atoms with E-state index in [2.05, 4.69) is 24.1 Å². The fourth-order valence-corrected chi connectivity index (χ4v) is 2.07. The highest BCUT2D eigenvalue weighted by Crippen LogP contribution is 2.19. The van der Waals surface area contributed by atoms with Crippen molar-refractivity contribution in [1.29, 1.82) is 0 Å². The number of likely N-dealkylation sites (tertiary alicyclic amines) is 1. The van der Waals surface area contributed by atoms with Crippen LogP contribution in [0, 0.1) is 0 Å². The van der Waals surface area contributed by atoms with Crippen molar-refractivity contribution in [2.75, 3.05) is 25.5 Å². The summed E-state index contributed by atoms with van der Waals surface area (Å²) in [4.78, 5) is 13.5. The molecule has 1 heterocycles. The van der Waals surface area contributed by atoms with Crippen LogP contribution in [0.5, 0.6) is 0 Å². The van der Waals surface area contributed by atoms with Crippen LogP contribution in [0.3, 0.4) is 0 Å². The summed E-state index contributed by atoms with van der Waals surface area (Å²) in [5, 5.41) is 2.86. The summed E-state index contributed by atoms with van der Waals surface area (Å²) < 4.78 is 0. The Bertz CT molecular complexity index is 216. The van der Waals surface area contributed by atoms with Gasteiger partial charge in [0.15, 0.2) is 0 Å². The third kappa shape index (κ3) is 4.89. The van der Waals surface area contributed by atoms with Crippen LogP contribution in [-0.2, 0) is 4.79 Å². The average molecular weight is 269 g/mol. The molecule has 1 aliphatic heterocycles. The van der Waals surface area contributed by atoms with Crippen LogP contribution < -0.4 is 5.32 Å².